The fourth-order valence-electron chi connectivity index (χ4n) is 4.71. The lowest BCUT2D eigenvalue weighted by Crippen LogP contribution is -2.36. The van der Waals surface area contributed by atoms with E-state index in [-0.39, 0.29) is 6.61 Å². The molecule has 29 heavy (non-hydrogen) atoms. The molecule has 1 aromatic rings. The van der Waals surface area contributed by atoms with Gasteiger partial charge in [-0.15, -0.1) is 11.3 Å². The Hall–Kier alpha value is -1.61. The first kappa shape index (κ1) is 20.7. The number of thiophene rings is 1. The number of aliphatic hydroxyl groups excluding tert-OH is 1. The van der Waals surface area contributed by atoms with Gasteiger partial charge < -0.3 is 10.2 Å². The molecule has 2 aliphatic carbocycles. The van der Waals surface area contributed by atoms with E-state index < -0.39 is 5.97 Å². The molecular formula is C24H31NO3S. The van der Waals surface area contributed by atoms with Crippen LogP contribution in [0, 0.1) is 29.6 Å². The van der Waals surface area contributed by atoms with Crippen LogP contribution in [0.25, 0.3) is 5.57 Å². The summed E-state index contributed by atoms with van der Waals surface area (Å²) in [5.41, 5.74) is 3.56. The lowest BCUT2D eigenvalue weighted by atomic mass is 9.75. The van der Waals surface area contributed by atoms with E-state index in [1.807, 2.05) is 6.07 Å². The molecule has 0 atom stereocenters. The zero-order chi connectivity index (χ0) is 20.4. The lowest BCUT2D eigenvalue weighted by Gasteiger charge is -2.37. The molecule has 5 heteroatoms. The number of hydrogen-bond donors (Lipinski definition) is 2. The van der Waals surface area contributed by atoms with Gasteiger partial charge in [0.05, 0.1) is 11.5 Å². The van der Waals surface area contributed by atoms with Crippen LogP contribution in [0.3, 0.4) is 0 Å². The Morgan fingerprint density at radius 3 is 2.66 bits per heavy atom. The number of aromatic carboxylic acids is 1. The van der Waals surface area contributed by atoms with E-state index in [1.54, 1.807) is 0 Å². The van der Waals surface area contributed by atoms with E-state index in [1.165, 1.54) is 61.0 Å². The summed E-state index contributed by atoms with van der Waals surface area (Å²) in [6.07, 6.45) is 8.07. The molecule has 0 radical (unpaired) electrons. The van der Waals surface area contributed by atoms with E-state index in [2.05, 4.69) is 23.7 Å². The van der Waals surface area contributed by atoms with Crippen molar-refractivity contribution in [3.8, 4) is 11.8 Å². The SMILES string of the molecule is CC1CCC(C2=C(c3cc(C#CC4CC4)sc3C(=O)O)CCN(CCO)C2)CC1. The van der Waals surface area contributed by atoms with Crippen molar-refractivity contribution >= 4 is 22.9 Å². The number of carboxylic acid groups (broad SMARTS) is 1. The van der Waals surface area contributed by atoms with E-state index in [4.69, 9.17) is 0 Å². The van der Waals surface area contributed by atoms with E-state index in [0.29, 0.717) is 23.3 Å². The smallest absolute Gasteiger partial charge is 0.346 e. The van der Waals surface area contributed by atoms with Gasteiger partial charge in [-0.3, -0.25) is 4.90 Å². The van der Waals surface area contributed by atoms with Gasteiger partial charge in [0.25, 0.3) is 0 Å². The van der Waals surface area contributed by atoms with E-state index >= 15 is 0 Å². The van der Waals surface area contributed by atoms with Gasteiger partial charge >= 0.3 is 5.97 Å². The number of carbonyl (C=O) groups is 1. The number of rotatable bonds is 5. The fraction of sp³-hybridized carbons (Fsp3) is 0.625. The highest BCUT2D eigenvalue weighted by atomic mass is 32.1. The summed E-state index contributed by atoms with van der Waals surface area (Å²) in [5.74, 6) is 7.49. The molecule has 0 saturated heterocycles. The Bertz CT molecular complexity index is 847. The molecule has 1 aromatic heterocycles. The molecule has 2 heterocycles. The highest BCUT2D eigenvalue weighted by Crippen LogP contribution is 2.42. The first-order chi connectivity index (χ1) is 14.0. The topological polar surface area (TPSA) is 60.8 Å². The first-order valence-electron chi connectivity index (χ1n) is 11.0. The monoisotopic (exact) mass is 413 g/mol. The third-order valence-electron chi connectivity index (χ3n) is 6.61. The van der Waals surface area contributed by atoms with Gasteiger partial charge in [-0.25, -0.2) is 4.79 Å². The predicted octanol–water partition coefficient (Wildman–Crippen LogP) is 4.49. The second-order valence-corrected chi connectivity index (χ2v) is 9.96. The minimum atomic E-state index is -0.841. The van der Waals surface area contributed by atoms with Gasteiger partial charge in [0, 0.05) is 31.1 Å². The summed E-state index contributed by atoms with van der Waals surface area (Å²) in [6, 6.07) is 2.03. The average molecular weight is 414 g/mol. The van der Waals surface area contributed by atoms with Crippen molar-refractivity contribution in [2.45, 2.75) is 51.9 Å². The second kappa shape index (κ2) is 9.04. The van der Waals surface area contributed by atoms with Gasteiger partial charge in [0.15, 0.2) is 0 Å². The summed E-state index contributed by atoms with van der Waals surface area (Å²) < 4.78 is 0. The number of carboxylic acids is 1. The summed E-state index contributed by atoms with van der Waals surface area (Å²) in [4.78, 5) is 15.7. The van der Waals surface area contributed by atoms with Crippen LogP contribution in [0.5, 0.6) is 0 Å². The van der Waals surface area contributed by atoms with Gasteiger partial charge in [0.1, 0.15) is 4.88 Å². The zero-order valence-corrected chi connectivity index (χ0v) is 18.1. The minimum absolute atomic E-state index is 0.171. The fourth-order valence-corrected chi connectivity index (χ4v) is 5.59. The third kappa shape index (κ3) is 4.94. The summed E-state index contributed by atoms with van der Waals surface area (Å²) in [6.45, 7) is 4.92. The largest absolute Gasteiger partial charge is 0.477 e. The van der Waals surface area contributed by atoms with Crippen molar-refractivity contribution in [3.05, 3.63) is 27.0 Å². The molecule has 0 bridgehead atoms. The van der Waals surface area contributed by atoms with Crippen LogP contribution in [0.4, 0.5) is 0 Å². The Balaban J connectivity index is 1.71. The number of nitrogens with zero attached hydrogens (tertiary/aromatic N) is 1. The molecule has 0 aromatic carbocycles. The number of β-amino-alcohol motifs (C(OH)–C–C–N with tert-alkyl or cyclic N) is 1. The molecule has 1 aliphatic heterocycles. The molecule has 3 aliphatic rings. The first-order valence-corrected chi connectivity index (χ1v) is 11.8. The summed E-state index contributed by atoms with van der Waals surface area (Å²) in [5, 5.41) is 19.3. The van der Waals surface area contributed by atoms with Crippen LogP contribution < -0.4 is 0 Å². The molecular weight excluding hydrogens is 382 g/mol. The van der Waals surface area contributed by atoms with Gasteiger partial charge in [-0.2, -0.15) is 0 Å². The minimum Gasteiger partial charge on any atom is -0.477 e. The molecule has 2 N–H and O–H groups in total. The van der Waals surface area contributed by atoms with Crippen molar-refractivity contribution in [3.63, 3.8) is 0 Å². The van der Waals surface area contributed by atoms with E-state index in [9.17, 15) is 15.0 Å². The van der Waals surface area contributed by atoms with Crippen molar-refractivity contribution in [2.75, 3.05) is 26.2 Å². The Morgan fingerprint density at radius 1 is 1.24 bits per heavy atom. The number of aliphatic hydroxyl groups is 1. The summed E-state index contributed by atoms with van der Waals surface area (Å²) in [7, 11) is 0. The van der Waals surface area contributed by atoms with Crippen LogP contribution in [-0.4, -0.2) is 47.3 Å². The summed E-state index contributed by atoms with van der Waals surface area (Å²) >= 11 is 1.33. The van der Waals surface area contributed by atoms with Crippen molar-refractivity contribution in [1.29, 1.82) is 0 Å². The molecule has 4 nitrogen and oxygen atoms in total. The maximum atomic E-state index is 12.0. The van der Waals surface area contributed by atoms with Crippen molar-refractivity contribution in [1.82, 2.24) is 4.90 Å². The molecule has 2 saturated carbocycles. The second-order valence-electron chi connectivity index (χ2n) is 8.91. The standard InChI is InChI=1S/C24H31NO3S/c1-16-2-7-18(8-3-16)22-15-25(12-13-26)11-10-20(22)21-14-19(9-6-17-4-5-17)29-23(21)24(27)28/h14,16-18,26H,2-5,7-8,10-13,15H2,1H3,(H,27,28). The Morgan fingerprint density at radius 2 is 2.00 bits per heavy atom. The Kier molecular flexibility index (Phi) is 6.44. The molecule has 0 amide bonds. The maximum absolute atomic E-state index is 12.0. The third-order valence-corrected chi connectivity index (χ3v) is 7.65. The quantitative estimate of drug-likeness (QED) is 0.699. The highest BCUT2D eigenvalue weighted by molar-refractivity contribution is 7.14. The number of hydrogen-bond acceptors (Lipinski definition) is 4. The predicted molar refractivity (Wildman–Crippen MR) is 117 cm³/mol. The van der Waals surface area contributed by atoms with Crippen molar-refractivity contribution in [2.24, 2.45) is 17.8 Å². The molecule has 0 spiro atoms. The molecule has 2 fully saturated rings. The Labute approximate surface area is 177 Å². The van der Waals surface area contributed by atoms with E-state index in [0.717, 1.165) is 35.9 Å². The molecule has 156 valence electrons. The van der Waals surface area contributed by atoms with Crippen LogP contribution in [0.15, 0.2) is 11.6 Å². The maximum Gasteiger partial charge on any atom is 0.346 e. The van der Waals surface area contributed by atoms with Crippen LogP contribution in [-0.2, 0) is 0 Å². The van der Waals surface area contributed by atoms with Crippen molar-refractivity contribution < 1.29 is 15.0 Å². The molecule has 4 rings (SSSR count). The van der Waals surface area contributed by atoms with Crippen LogP contribution in [0.1, 0.15) is 72.0 Å². The lowest BCUT2D eigenvalue weighted by molar-refractivity contribution is 0.0702. The van der Waals surface area contributed by atoms with Gasteiger partial charge in [-0.05, 0) is 61.2 Å². The average Bonchev–Trinajstić information content (AvgIpc) is 3.44. The molecule has 0 unspecified atom stereocenters. The zero-order valence-electron chi connectivity index (χ0n) is 17.2. The van der Waals surface area contributed by atoms with Gasteiger partial charge in [-0.1, -0.05) is 31.6 Å². The highest BCUT2D eigenvalue weighted by Gasteiger charge is 2.30. The normalized spacial score (nSPS) is 25.6. The van der Waals surface area contributed by atoms with Crippen LogP contribution >= 0.6 is 11.3 Å². The van der Waals surface area contributed by atoms with Crippen LogP contribution in [0.2, 0.25) is 0 Å². The van der Waals surface area contributed by atoms with Gasteiger partial charge in [0.2, 0.25) is 0 Å².